The number of esters is 2. The largest absolute Gasteiger partial charge is 0.466 e. The maximum absolute atomic E-state index is 14.1. The molecule has 0 fully saturated rings. The number of nitrogens with two attached hydrogens (primary N) is 1. The highest BCUT2D eigenvalue weighted by atomic mass is 19.2. The number of halogens is 2. The van der Waals surface area contributed by atoms with E-state index in [1.54, 1.807) is 54.6 Å². The van der Waals surface area contributed by atoms with E-state index in [0.29, 0.717) is 11.1 Å². The predicted molar refractivity (Wildman–Crippen MR) is 131 cm³/mol. The van der Waals surface area contributed by atoms with E-state index in [-0.39, 0.29) is 33.9 Å². The highest BCUT2D eigenvalue weighted by Crippen LogP contribution is 2.45. The first-order valence-corrected chi connectivity index (χ1v) is 11.0. The summed E-state index contributed by atoms with van der Waals surface area (Å²) >= 11 is 0. The van der Waals surface area contributed by atoms with Gasteiger partial charge in [0.15, 0.2) is 11.6 Å². The molecule has 37 heavy (non-hydrogen) atoms. The van der Waals surface area contributed by atoms with Gasteiger partial charge in [-0.05, 0) is 29.3 Å². The van der Waals surface area contributed by atoms with Crippen molar-refractivity contribution in [2.24, 2.45) is 5.73 Å². The molecular formula is C28H21F2N3O4. The van der Waals surface area contributed by atoms with Gasteiger partial charge in [0.2, 0.25) is 0 Å². The molecule has 4 rings (SSSR count). The second-order valence-electron chi connectivity index (χ2n) is 7.98. The highest BCUT2D eigenvalue weighted by molar-refractivity contribution is 6.07. The Hall–Kier alpha value is -4.97. The van der Waals surface area contributed by atoms with Crippen LogP contribution in [0.2, 0.25) is 0 Å². The number of carbonyl (C=O) groups excluding carboxylic acids is 2. The average Bonchev–Trinajstić information content (AvgIpc) is 2.93. The van der Waals surface area contributed by atoms with E-state index in [2.05, 4.69) is 6.07 Å². The third-order valence-corrected chi connectivity index (χ3v) is 5.99. The van der Waals surface area contributed by atoms with Crippen LogP contribution in [0.15, 0.2) is 95.5 Å². The maximum atomic E-state index is 14.1. The van der Waals surface area contributed by atoms with E-state index in [4.69, 9.17) is 15.2 Å². The van der Waals surface area contributed by atoms with Crippen LogP contribution in [-0.2, 0) is 19.1 Å². The van der Waals surface area contributed by atoms with Crippen molar-refractivity contribution in [3.63, 3.8) is 0 Å². The molecule has 0 radical (unpaired) electrons. The van der Waals surface area contributed by atoms with E-state index in [0.717, 1.165) is 26.4 Å². The summed E-state index contributed by atoms with van der Waals surface area (Å²) in [6.45, 7) is 0. The minimum Gasteiger partial charge on any atom is -0.466 e. The van der Waals surface area contributed by atoms with Crippen molar-refractivity contribution in [1.29, 1.82) is 5.26 Å². The topological polar surface area (TPSA) is 106 Å². The molecule has 9 heteroatoms. The van der Waals surface area contributed by atoms with E-state index in [1.807, 2.05) is 0 Å². The number of methoxy groups -OCH3 is 2. The summed E-state index contributed by atoms with van der Waals surface area (Å²) < 4.78 is 37.8. The molecule has 1 aliphatic heterocycles. The summed E-state index contributed by atoms with van der Waals surface area (Å²) in [4.78, 5) is 27.6. The number of anilines is 1. The smallest absolute Gasteiger partial charge is 0.355 e. The van der Waals surface area contributed by atoms with Gasteiger partial charge in [0.1, 0.15) is 11.5 Å². The van der Waals surface area contributed by atoms with Crippen LogP contribution in [0.1, 0.15) is 11.5 Å². The first-order chi connectivity index (χ1) is 17.8. The summed E-state index contributed by atoms with van der Waals surface area (Å²) in [6, 6.07) is 20.5. The van der Waals surface area contributed by atoms with Crippen molar-refractivity contribution >= 4 is 17.6 Å². The Labute approximate surface area is 211 Å². The maximum Gasteiger partial charge on any atom is 0.355 e. The number of allylic oxidation sites excluding steroid dienone is 1. The van der Waals surface area contributed by atoms with Gasteiger partial charge in [-0.3, -0.25) is 4.90 Å². The van der Waals surface area contributed by atoms with Crippen LogP contribution in [-0.4, -0.2) is 26.2 Å². The van der Waals surface area contributed by atoms with E-state index < -0.39 is 29.5 Å². The van der Waals surface area contributed by atoms with E-state index in [1.165, 1.54) is 11.0 Å². The summed E-state index contributed by atoms with van der Waals surface area (Å²) in [5.41, 5.74) is 7.47. The highest BCUT2D eigenvalue weighted by Gasteiger charge is 2.43. The van der Waals surface area contributed by atoms with Crippen molar-refractivity contribution in [3.8, 4) is 17.2 Å². The Kier molecular flexibility index (Phi) is 7.02. The van der Waals surface area contributed by atoms with Crippen molar-refractivity contribution in [2.75, 3.05) is 19.1 Å². The van der Waals surface area contributed by atoms with Gasteiger partial charge in [-0.1, -0.05) is 54.6 Å². The minimum absolute atomic E-state index is 0.0145. The number of nitriles is 1. The molecule has 0 spiro atoms. The molecule has 3 aromatic carbocycles. The summed E-state index contributed by atoms with van der Waals surface area (Å²) in [5, 5.41) is 10.2. The van der Waals surface area contributed by atoms with Gasteiger partial charge in [-0.2, -0.15) is 5.26 Å². The number of benzene rings is 3. The molecule has 0 saturated carbocycles. The van der Waals surface area contributed by atoms with Gasteiger partial charge in [0, 0.05) is 5.56 Å². The first kappa shape index (κ1) is 25.1. The molecule has 0 aliphatic carbocycles. The minimum atomic E-state index is -1.07. The zero-order valence-corrected chi connectivity index (χ0v) is 19.9. The van der Waals surface area contributed by atoms with Crippen LogP contribution in [0.5, 0.6) is 0 Å². The van der Waals surface area contributed by atoms with Crippen molar-refractivity contribution in [2.45, 2.75) is 5.92 Å². The van der Waals surface area contributed by atoms with Crippen LogP contribution in [0, 0.1) is 23.0 Å². The van der Waals surface area contributed by atoms with E-state index in [9.17, 15) is 23.6 Å². The molecule has 0 bridgehead atoms. The number of nitrogens with zero attached hydrogens (tertiary/aromatic N) is 2. The zero-order valence-electron chi connectivity index (χ0n) is 19.9. The van der Waals surface area contributed by atoms with Gasteiger partial charge in [0.25, 0.3) is 0 Å². The summed E-state index contributed by atoms with van der Waals surface area (Å²) in [6.07, 6.45) is 0. The molecule has 1 heterocycles. The van der Waals surface area contributed by atoms with Gasteiger partial charge in [0.05, 0.1) is 43.0 Å². The molecule has 0 saturated heterocycles. The van der Waals surface area contributed by atoms with Crippen LogP contribution >= 0.6 is 0 Å². The number of carbonyl (C=O) groups is 2. The number of hydrogen-bond acceptors (Lipinski definition) is 7. The van der Waals surface area contributed by atoms with Crippen LogP contribution in [0.25, 0.3) is 11.1 Å². The Morgan fingerprint density at radius 1 is 0.919 bits per heavy atom. The first-order valence-electron chi connectivity index (χ1n) is 11.0. The Bertz CT molecular complexity index is 1490. The van der Waals surface area contributed by atoms with E-state index >= 15 is 0 Å². The van der Waals surface area contributed by atoms with Crippen molar-refractivity contribution in [3.05, 3.63) is 113 Å². The number of para-hydroxylation sites is 1. The summed E-state index contributed by atoms with van der Waals surface area (Å²) in [5.74, 6) is -5.06. The fourth-order valence-electron chi connectivity index (χ4n) is 4.34. The quantitative estimate of drug-likeness (QED) is 0.512. The lowest BCUT2D eigenvalue weighted by molar-refractivity contribution is -0.139. The molecule has 186 valence electrons. The summed E-state index contributed by atoms with van der Waals surface area (Å²) in [7, 11) is 2.29. The number of hydrogen-bond donors (Lipinski definition) is 1. The predicted octanol–water partition coefficient (Wildman–Crippen LogP) is 4.53. The van der Waals surface area contributed by atoms with Crippen LogP contribution in [0.4, 0.5) is 14.5 Å². The lowest BCUT2D eigenvalue weighted by Crippen LogP contribution is -2.41. The number of ether oxygens (including phenoxy) is 2. The monoisotopic (exact) mass is 501 g/mol. The third kappa shape index (κ3) is 4.41. The second-order valence-corrected chi connectivity index (χ2v) is 7.98. The molecule has 1 unspecified atom stereocenters. The third-order valence-electron chi connectivity index (χ3n) is 5.99. The molecule has 0 amide bonds. The molecule has 7 nitrogen and oxygen atoms in total. The SMILES string of the molecule is COC(=O)C1=C(C(=O)OC)N(c2ccccc2-c2ccc(F)c(F)c2)C(N)=C(C#N)C1c1ccccc1. The molecule has 1 aliphatic rings. The van der Waals surface area contributed by atoms with Gasteiger partial charge < -0.3 is 15.2 Å². The zero-order chi connectivity index (χ0) is 26.7. The average molecular weight is 501 g/mol. The fourth-order valence-corrected chi connectivity index (χ4v) is 4.34. The molecule has 1 atom stereocenters. The van der Waals surface area contributed by atoms with Gasteiger partial charge >= 0.3 is 11.9 Å². The fraction of sp³-hybridized carbons (Fsp3) is 0.107. The molecule has 3 aromatic rings. The van der Waals surface area contributed by atoms with Crippen molar-refractivity contribution in [1.82, 2.24) is 0 Å². The lowest BCUT2D eigenvalue weighted by Gasteiger charge is -2.36. The Morgan fingerprint density at radius 2 is 1.57 bits per heavy atom. The number of rotatable bonds is 5. The van der Waals surface area contributed by atoms with Gasteiger partial charge in [-0.15, -0.1) is 0 Å². The van der Waals surface area contributed by atoms with Crippen molar-refractivity contribution < 1.29 is 27.8 Å². The molecule has 2 N–H and O–H groups in total. The van der Waals surface area contributed by atoms with Gasteiger partial charge in [-0.25, -0.2) is 18.4 Å². The van der Waals surface area contributed by atoms with Crippen LogP contribution < -0.4 is 10.6 Å². The lowest BCUT2D eigenvalue weighted by atomic mass is 9.80. The Balaban J connectivity index is 2.09. The van der Waals surface area contributed by atoms with Crippen LogP contribution in [0.3, 0.4) is 0 Å². The molecular weight excluding hydrogens is 480 g/mol. The normalized spacial score (nSPS) is 15.3. The second kappa shape index (κ2) is 10.3. The Morgan fingerprint density at radius 3 is 2.19 bits per heavy atom. The standard InChI is InChI=1S/C28H21F2N3O4/c1-36-27(34)24-23(16-8-4-3-5-9-16)19(15-31)26(32)33(25(24)28(35)37-2)22-11-7-6-10-18(22)17-12-13-20(29)21(30)14-17/h3-14,23H,32H2,1-2H3. The molecule has 0 aromatic heterocycles.